The van der Waals surface area contributed by atoms with E-state index in [-0.39, 0.29) is 5.97 Å². The van der Waals surface area contributed by atoms with Gasteiger partial charge in [-0.1, -0.05) is 0 Å². The van der Waals surface area contributed by atoms with E-state index in [4.69, 9.17) is 14.2 Å². The van der Waals surface area contributed by atoms with Gasteiger partial charge in [0.1, 0.15) is 21.7 Å². The van der Waals surface area contributed by atoms with Gasteiger partial charge in [-0.25, -0.2) is 9.78 Å². The Kier molecular flexibility index (Phi) is 6.92. The third kappa shape index (κ3) is 4.78. The molecule has 25 heavy (non-hydrogen) atoms. The van der Waals surface area contributed by atoms with Gasteiger partial charge in [-0.3, -0.25) is 0 Å². The Balaban J connectivity index is 2.22. The lowest BCUT2D eigenvalue weighted by Gasteiger charge is -2.08. The van der Waals surface area contributed by atoms with Gasteiger partial charge < -0.3 is 14.2 Å². The number of ether oxygens (including phenoxy) is 3. The average Bonchev–Trinajstić information content (AvgIpc) is 3.01. The Morgan fingerprint density at radius 3 is 2.84 bits per heavy atom. The fourth-order valence-corrected chi connectivity index (χ4v) is 3.12. The van der Waals surface area contributed by atoms with Crippen LogP contribution >= 0.6 is 11.3 Å². The number of methoxy groups -OCH3 is 1. The highest BCUT2D eigenvalue weighted by Gasteiger charge is 2.18. The number of aromatic nitrogens is 1. The molecule has 0 aliphatic rings. The monoisotopic (exact) mass is 360 g/mol. The summed E-state index contributed by atoms with van der Waals surface area (Å²) in [6, 6.07) is 7.45. The van der Waals surface area contributed by atoms with Gasteiger partial charge in [-0.15, -0.1) is 11.3 Å². The van der Waals surface area contributed by atoms with E-state index in [0.717, 1.165) is 12.0 Å². The smallest absolute Gasteiger partial charge is 0.350 e. The van der Waals surface area contributed by atoms with Crippen molar-refractivity contribution in [2.75, 3.05) is 26.9 Å². The fraction of sp³-hybridized carbons (Fsp3) is 0.389. The lowest BCUT2D eigenvalue weighted by molar-refractivity contribution is 0.0531. The molecule has 0 radical (unpaired) electrons. The Labute approximate surface area is 151 Å². The van der Waals surface area contributed by atoms with Gasteiger partial charge in [0.05, 0.1) is 24.5 Å². The van der Waals surface area contributed by atoms with Gasteiger partial charge in [0.2, 0.25) is 0 Å². The molecule has 0 spiro atoms. The van der Waals surface area contributed by atoms with E-state index in [1.807, 2.05) is 6.07 Å². The summed E-state index contributed by atoms with van der Waals surface area (Å²) in [5.41, 5.74) is 1.82. The van der Waals surface area contributed by atoms with Crippen molar-refractivity contribution in [1.29, 1.82) is 5.26 Å². The van der Waals surface area contributed by atoms with Crippen LogP contribution in [0, 0.1) is 18.3 Å². The first-order valence-corrected chi connectivity index (χ1v) is 8.73. The molecule has 1 aromatic carbocycles. The largest absolute Gasteiger partial charge is 0.492 e. The van der Waals surface area contributed by atoms with Gasteiger partial charge in [0.15, 0.2) is 0 Å². The summed E-state index contributed by atoms with van der Waals surface area (Å²) in [7, 11) is 1.63. The third-order valence-corrected chi connectivity index (χ3v) is 4.54. The van der Waals surface area contributed by atoms with Gasteiger partial charge in [0.25, 0.3) is 0 Å². The summed E-state index contributed by atoms with van der Waals surface area (Å²) in [6.45, 7) is 4.93. The molecule has 0 saturated heterocycles. The minimum atomic E-state index is -0.373. The predicted octanol–water partition coefficient (Wildman–Crippen LogP) is 3.58. The predicted molar refractivity (Wildman–Crippen MR) is 94.9 cm³/mol. The molecule has 0 saturated carbocycles. The molecule has 2 aromatic rings. The van der Waals surface area contributed by atoms with Crippen LogP contribution in [-0.4, -0.2) is 37.9 Å². The lowest BCUT2D eigenvalue weighted by atomic mass is 10.1. The van der Waals surface area contributed by atoms with Crippen LogP contribution < -0.4 is 4.74 Å². The molecule has 0 atom stereocenters. The normalized spacial score (nSPS) is 10.3. The number of hydrogen-bond acceptors (Lipinski definition) is 7. The molecule has 0 amide bonds. The Morgan fingerprint density at radius 2 is 2.16 bits per heavy atom. The average molecular weight is 360 g/mol. The molecule has 2 rings (SSSR count). The molecule has 7 heteroatoms. The number of hydrogen-bond donors (Lipinski definition) is 0. The third-order valence-electron chi connectivity index (χ3n) is 3.35. The molecule has 1 heterocycles. The lowest BCUT2D eigenvalue weighted by Crippen LogP contribution is -2.03. The van der Waals surface area contributed by atoms with Crippen molar-refractivity contribution >= 4 is 17.3 Å². The second-order valence-electron chi connectivity index (χ2n) is 5.17. The van der Waals surface area contributed by atoms with E-state index >= 15 is 0 Å². The molecule has 0 bridgehead atoms. The van der Waals surface area contributed by atoms with Crippen molar-refractivity contribution in [3.8, 4) is 22.4 Å². The van der Waals surface area contributed by atoms with Gasteiger partial charge in [-0.2, -0.15) is 5.26 Å². The molecule has 0 aliphatic heterocycles. The summed E-state index contributed by atoms with van der Waals surface area (Å²) in [4.78, 5) is 16.8. The summed E-state index contributed by atoms with van der Waals surface area (Å²) >= 11 is 1.26. The first kappa shape index (κ1) is 18.9. The first-order valence-electron chi connectivity index (χ1n) is 7.91. The Morgan fingerprint density at radius 1 is 1.36 bits per heavy atom. The molecule has 132 valence electrons. The maximum Gasteiger partial charge on any atom is 0.350 e. The van der Waals surface area contributed by atoms with Crippen LogP contribution in [0.4, 0.5) is 0 Å². The van der Waals surface area contributed by atoms with Crippen molar-refractivity contribution in [3.05, 3.63) is 34.3 Å². The van der Waals surface area contributed by atoms with Crippen LogP contribution in [0.25, 0.3) is 10.6 Å². The molecule has 6 nitrogen and oxygen atoms in total. The van der Waals surface area contributed by atoms with E-state index in [9.17, 15) is 10.1 Å². The summed E-state index contributed by atoms with van der Waals surface area (Å²) in [5, 5.41) is 10.0. The number of rotatable bonds is 8. The maximum absolute atomic E-state index is 11.9. The summed E-state index contributed by atoms with van der Waals surface area (Å²) in [6.07, 6.45) is 0.748. The van der Waals surface area contributed by atoms with Crippen molar-refractivity contribution in [3.63, 3.8) is 0 Å². The minimum absolute atomic E-state index is 0.319. The standard InChI is InChI=1S/C18H20N2O4S/c1-4-23-18(21)16-12(2)20-17(25-16)13-6-7-15(14(10-13)11-19)24-9-5-8-22-3/h6-7,10H,4-5,8-9H2,1-3H3. The molecule has 1 aromatic heterocycles. The zero-order valence-corrected chi connectivity index (χ0v) is 15.3. The highest BCUT2D eigenvalue weighted by molar-refractivity contribution is 7.17. The van der Waals surface area contributed by atoms with Crippen molar-refractivity contribution in [1.82, 2.24) is 4.98 Å². The van der Waals surface area contributed by atoms with Crippen molar-refractivity contribution in [2.45, 2.75) is 20.3 Å². The molecular formula is C18H20N2O4S. The maximum atomic E-state index is 11.9. The van der Waals surface area contributed by atoms with Crippen LogP contribution in [-0.2, 0) is 9.47 Å². The van der Waals surface area contributed by atoms with Gasteiger partial charge in [0, 0.05) is 25.7 Å². The van der Waals surface area contributed by atoms with Gasteiger partial charge >= 0.3 is 5.97 Å². The van der Waals surface area contributed by atoms with Crippen molar-refractivity contribution < 1.29 is 19.0 Å². The topological polar surface area (TPSA) is 81.4 Å². The number of carbonyl (C=O) groups excluding carboxylic acids is 1. The number of nitriles is 1. The number of thiazole rings is 1. The second-order valence-corrected chi connectivity index (χ2v) is 6.17. The first-order chi connectivity index (χ1) is 12.1. The van der Waals surface area contributed by atoms with E-state index in [2.05, 4.69) is 11.1 Å². The van der Waals surface area contributed by atoms with Crippen LogP contribution in [0.2, 0.25) is 0 Å². The van der Waals surface area contributed by atoms with Crippen LogP contribution in [0.15, 0.2) is 18.2 Å². The highest BCUT2D eigenvalue weighted by atomic mass is 32.1. The SMILES string of the molecule is CCOC(=O)c1sc(-c2ccc(OCCCOC)c(C#N)c2)nc1C. The zero-order chi connectivity index (χ0) is 18.2. The number of carbonyl (C=O) groups is 1. The van der Waals surface area contributed by atoms with Crippen LogP contribution in [0.3, 0.4) is 0 Å². The zero-order valence-electron chi connectivity index (χ0n) is 14.5. The Bertz CT molecular complexity index is 780. The number of benzene rings is 1. The van der Waals surface area contributed by atoms with E-state index in [1.54, 1.807) is 33.1 Å². The summed E-state index contributed by atoms with van der Waals surface area (Å²) < 4.78 is 15.6. The number of esters is 1. The number of aryl methyl sites for hydroxylation is 1. The Hall–Kier alpha value is -2.43. The van der Waals surface area contributed by atoms with Crippen LogP contribution in [0.5, 0.6) is 5.75 Å². The second kappa shape index (κ2) is 9.16. The van der Waals surface area contributed by atoms with Gasteiger partial charge in [-0.05, 0) is 32.0 Å². The van der Waals surface area contributed by atoms with E-state index in [0.29, 0.717) is 46.7 Å². The minimum Gasteiger partial charge on any atom is -0.492 e. The number of nitrogens with zero attached hydrogens (tertiary/aromatic N) is 2. The van der Waals surface area contributed by atoms with E-state index < -0.39 is 0 Å². The van der Waals surface area contributed by atoms with Crippen LogP contribution in [0.1, 0.15) is 34.3 Å². The molecule has 0 unspecified atom stereocenters. The van der Waals surface area contributed by atoms with Crippen molar-refractivity contribution in [2.24, 2.45) is 0 Å². The molecule has 0 aliphatic carbocycles. The van der Waals surface area contributed by atoms with E-state index in [1.165, 1.54) is 11.3 Å². The molecule has 0 fully saturated rings. The molecule has 0 N–H and O–H groups in total. The highest BCUT2D eigenvalue weighted by Crippen LogP contribution is 2.31. The fourth-order valence-electron chi connectivity index (χ4n) is 2.17. The molecular weight excluding hydrogens is 340 g/mol. The summed E-state index contributed by atoms with van der Waals surface area (Å²) in [5.74, 6) is 0.156. The quantitative estimate of drug-likeness (QED) is 0.529.